The third-order valence-corrected chi connectivity index (χ3v) is 2.81. The molecule has 2 atom stereocenters. The fraction of sp³-hybridized carbons (Fsp3) is 1.00. The van der Waals surface area contributed by atoms with Gasteiger partial charge in [0.05, 0.1) is 0 Å². The molecule has 0 heterocycles. The van der Waals surface area contributed by atoms with Gasteiger partial charge < -0.3 is 5.11 Å². The average Bonchev–Trinajstić information content (AvgIpc) is 2.21. The molecule has 1 N–H and O–H groups in total. The van der Waals surface area contributed by atoms with Gasteiger partial charge >= 0.3 is 0 Å². The molecule has 2 heteroatoms. The van der Waals surface area contributed by atoms with Crippen LogP contribution in [0.3, 0.4) is 0 Å². The number of nitrogens with zero attached hydrogens (tertiary/aromatic N) is 1. The second-order valence-electron chi connectivity index (χ2n) is 4.16. The van der Waals surface area contributed by atoms with Gasteiger partial charge in [0.1, 0.15) is 6.23 Å². The molecule has 0 aliphatic carbocycles. The van der Waals surface area contributed by atoms with Crippen LogP contribution in [0.15, 0.2) is 0 Å². The molecule has 86 valence electrons. The van der Waals surface area contributed by atoms with E-state index in [1.165, 1.54) is 12.8 Å². The van der Waals surface area contributed by atoms with Crippen molar-refractivity contribution >= 4 is 0 Å². The highest BCUT2D eigenvalue weighted by Crippen LogP contribution is 2.15. The van der Waals surface area contributed by atoms with Gasteiger partial charge in [-0.2, -0.15) is 0 Å². The van der Waals surface area contributed by atoms with Gasteiger partial charge in [-0.15, -0.1) is 0 Å². The normalized spacial score (nSPS) is 15.9. The fourth-order valence-corrected chi connectivity index (χ4v) is 1.80. The minimum Gasteiger partial charge on any atom is -0.378 e. The fourth-order valence-electron chi connectivity index (χ4n) is 1.80. The zero-order valence-corrected chi connectivity index (χ0v) is 10.3. The summed E-state index contributed by atoms with van der Waals surface area (Å²) in [5, 5.41) is 10.1. The highest BCUT2D eigenvalue weighted by Gasteiger charge is 2.19. The van der Waals surface area contributed by atoms with Crippen LogP contribution in [0.25, 0.3) is 0 Å². The number of rotatable bonds is 8. The Morgan fingerprint density at radius 2 is 1.79 bits per heavy atom. The number of hydrogen-bond acceptors (Lipinski definition) is 2. The zero-order valence-electron chi connectivity index (χ0n) is 10.3. The van der Waals surface area contributed by atoms with Crippen molar-refractivity contribution in [3.05, 3.63) is 0 Å². The molecule has 0 amide bonds. The molecule has 0 aliphatic heterocycles. The topological polar surface area (TPSA) is 23.5 Å². The van der Waals surface area contributed by atoms with E-state index in [4.69, 9.17) is 0 Å². The third kappa shape index (κ3) is 4.97. The first-order valence-electron chi connectivity index (χ1n) is 6.09. The molecule has 0 spiro atoms. The third-order valence-electron chi connectivity index (χ3n) is 2.81. The van der Waals surface area contributed by atoms with Crippen LogP contribution in [0.1, 0.15) is 53.4 Å². The summed E-state index contributed by atoms with van der Waals surface area (Å²) in [4.78, 5) is 2.17. The van der Waals surface area contributed by atoms with E-state index in [-0.39, 0.29) is 6.23 Å². The highest BCUT2D eigenvalue weighted by molar-refractivity contribution is 4.66. The highest BCUT2D eigenvalue weighted by atomic mass is 16.3. The van der Waals surface area contributed by atoms with Gasteiger partial charge in [0.25, 0.3) is 0 Å². The SMILES string of the molecule is CCCC[C@H](C)C(O)N(CC)CCC. The maximum Gasteiger partial charge on any atom is 0.109 e. The van der Waals surface area contributed by atoms with Crippen LogP contribution in [-0.2, 0) is 0 Å². The van der Waals surface area contributed by atoms with Crippen molar-refractivity contribution in [2.24, 2.45) is 5.92 Å². The summed E-state index contributed by atoms with van der Waals surface area (Å²) in [6, 6.07) is 0. The predicted molar refractivity (Wildman–Crippen MR) is 62.2 cm³/mol. The maximum atomic E-state index is 10.1. The van der Waals surface area contributed by atoms with Crippen molar-refractivity contribution in [3.63, 3.8) is 0 Å². The molecule has 0 aliphatic rings. The molecule has 0 bridgehead atoms. The first-order valence-corrected chi connectivity index (χ1v) is 6.09. The Hall–Kier alpha value is -0.0800. The number of unbranched alkanes of at least 4 members (excludes halogenated alkanes) is 1. The number of aliphatic hydroxyl groups excluding tert-OH is 1. The smallest absolute Gasteiger partial charge is 0.109 e. The number of aliphatic hydroxyl groups is 1. The molecule has 1 unspecified atom stereocenters. The molecule has 2 nitrogen and oxygen atoms in total. The monoisotopic (exact) mass is 201 g/mol. The molecule has 0 saturated carbocycles. The van der Waals surface area contributed by atoms with Crippen molar-refractivity contribution in [2.75, 3.05) is 13.1 Å². The maximum absolute atomic E-state index is 10.1. The van der Waals surface area contributed by atoms with Crippen LogP contribution in [0.5, 0.6) is 0 Å². The molecule has 0 rings (SSSR count). The lowest BCUT2D eigenvalue weighted by Crippen LogP contribution is -2.40. The average molecular weight is 201 g/mol. The molecule has 0 aromatic heterocycles. The summed E-state index contributed by atoms with van der Waals surface area (Å²) >= 11 is 0. The van der Waals surface area contributed by atoms with Gasteiger partial charge in [-0.25, -0.2) is 0 Å². The van der Waals surface area contributed by atoms with Crippen LogP contribution in [0.4, 0.5) is 0 Å². The zero-order chi connectivity index (χ0) is 11.0. The van der Waals surface area contributed by atoms with E-state index in [1.54, 1.807) is 0 Å². The van der Waals surface area contributed by atoms with E-state index in [2.05, 4.69) is 32.6 Å². The molecular weight excluding hydrogens is 174 g/mol. The lowest BCUT2D eigenvalue weighted by atomic mass is 10.0. The Kier molecular flexibility index (Phi) is 8.20. The molecule has 0 aromatic carbocycles. The minimum atomic E-state index is -0.244. The molecule has 0 radical (unpaired) electrons. The minimum absolute atomic E-state index is 0.244. The Bertz CT molecular complexity index is 127. The molecular formula is C12H27NO. The van der Waals surface area contributed by atoms with Crippen LogP contribution in [0.2, 0.25) is 0 Å². The summed E-state index contributed by atoms with van der Waals surface area (Å²) in [5.74, 6) is 0.404. The quantitative estimate of drug-likeness (QED) is 0.610. The Balaban J connectivity index is 3.91. The van der Waals surface area contributed by atoms with Crippen LogP contribution < -0.4 is 0 Å². The summed E-state index contributed by atoms with van der Waals surface area (Å²) in [6.45, 7) is 10.6. The summed E-state index contributed by atoms with van der Waals surface area (Å²) in [7, 11) is 0. The predicted octanol–water partition coefficient (Wildman–Crippen LogP) is 2.86. The standard InChI is InChI=1S/C12H27NO/c1-5-8-9-11(4)12(14)13(7-3)10-6-2/h11-12,14H,5-10H2,1-4H3/t11-,12?/m0/s1. The lowest BCUT2D eigenvalue weighted by Gasteiger charge is -2.30. The lowest BCUT2D eigenvalue weighted by molar-refractivity contribution is -0.0347. The van der Waals surface area contributed by atoms with Gasteiger partial charge in [-0.05, 0) is 25.3 Å². The number of hydrogen-bond donors (Lipinski definition) is 1. The van der Waals surface area contributed by atoms with E-state index >= 15 is 0 Å². The van der Waals surface area contributed by atoms with Crippen molar-refractivity contribution < 1.29 is 5.11 Å². The van der Waals surface area contributed by atoms with Gasteiger partial charge in [-0.3, -0.25) is 4.90 Å². The van der Waals surface area contributed by atoms with E-state index < -0.39 is 0 Å². The Morgan fingerprint density at radius 1 is 1.14 bits per heavy atom. The van der Waals surface area contributed by atoms with Crippen LogP contribution in [-0.4, -0.2) is 29.3 Å². The first kappa shape index (κ1) is 13.9. The Labute approximate surface area is 89.3 Å². The van der Waals surface area contributed by atoms with Crippen molar-refractivity contribution in [1.29, 1.82) is 0 Å². The molecule has 14 heavy (non-hydrogen) atoms. The van der Waals surface area contributed by atoms with E-state index in [1.807, 2.05) is 0 Å². The van der Waals surface area contributed by atoms with Crippen molar-refractivity contribution in [3.8, 4) is 0 Å². The molecule has 0 saturated heterocycles. The second kappa shape index (κ2) is 8.25. The van der Waals surface area contributed by atoms with E-state index in [9.17, 15) is 5.11 Å². The second-order valence-corrected chi connectivity index (χ2v) is 4.16. The van der Waals surface area contributed by atoms with Gasteiger partial charge in [-0.1, -0.05) is 40.5 Å². The largest absolute Gasteiger partial charge is 0.378 e. The molecule has 0 fully saturated rings. The van der Waals surface area contributed by atoms with Crippen molar-refractivity contribution in [2.45, 2.75) is 59.6 Å². The van der Waals surface area contributed by atoms with Crippen LogP contribution in [0, 0.1) is 5.92 Å². The van der Waals surface area contributed by atoms with E-state index in [0.29, 0.717) is 5.92 Å². The van der Waals surface area contributed by atoms with Gasteiger partial charge in [0.2, 0.25) is 0 Å². The van der Waals surface area contributed by atoms with Crippen molar-refractivity contribution in [1.82, 2.24) is 4.90 Å². The first-order chi connectivity index (χ1) is 6.67. The van der Waals surface area contributed by atoms with E-state index in [0.717, 1.165) is 25.9 Å². The summed E-state index contributed by atoms with van der Waals surface area (Å²) < 4.78 is 0. The summed E-state index contributed by atoms with van der Waals surface area (Å²) in [5.41, 5.74) is 0. The molecule has 0 aromatic rings. The van der Waals surface area contributed by atoms with Crippen LogP contribution >= 0.6 is 0 Å². The van der Waals surface area contributed by atoms with Gasteiger partial charge in [0.15, 0.2) is 0 Å². The van der Waals surface area contributed by atoms with Gasteiger partial charge in [0, 0.05) is 6.54 Å². The summed E-state index contributed by atoms with van der Waals surface area (Å²) in [6.07, 6.45) is 4.45. The Morgan fingerprint density at radius 3 is 2.21 bits per heavy atom.